The van der Waals surface area contributed by atoms with Gasteiger partial charge in [-0.25, -0.2) is 4.39 Å². The number of hydrogen-bond donors (Lipinski definition) is 1. The molecule has 1 unspecified atom stereocenters. The van der Waals surface area contributed by atoms with Gasteiger partial charge in [-0.15, -0.1) is 0 Å². The summed E-state index contributed by atoms with van der Waals surface area (Å²) in [5.74, 6) is -0.0284. The Morgan fingerprint density at radius 1 is 1.25 bits per heavy atom. The van der Waals surface area contributed by atoms with Gasteiger partial charge in [0.25, 0.3) is 11.6 Å². The Hall–Kier alpha value is -3.70. The topological polar surface area (TPSA) is 89.2 Å². The maximum absolute atomic E-state index is 14.4. The first kappa shape index (κ1) is 21.5. The van der Waals surface area contributed by atoms with Gasteiger partial charge in [-0.2, -0.15) is 10.2 Å². The quantitative estimate of drug-likeness (QED) is 0.641. The van der Waals surface area contributed by atoms with Crippen LogP contribution in [0.2, 0.25) is 0 Å². The van der Waals surface area contributed by atoms with Crippen LogP contribution in [0.4, 0.5) is 4.39 Å². The van der Waals surface area contributed by atoms with Crippen LogP contribution >= 0.6 is 0 Å². The standard InChI is InChI=1S/C24H23FN4O3/c1-29-23(30)21(15-7-9-19(31-2)10-8-15)22(16-5-6-17(13-26)20(25)12-16)28-24(29)32-14-18-4-3-11-27-18/h5-10,12,18,27H,3-4,11,14H2,1-2H3. The number of aromatic nitrogens is 2. The normalized spacial score (nSPS) is 15.4. The van der Waals surface area contributed by atoms with Crippen LogP contribution in [0, 0.1) is 17.1 Å². The summed E-state index contributed by atoms with van der Waals surface area (Å²) < 4.78 is 26.9. The van der Waals surface area contributed by atoms with Gasteiger partial charge in [0.05, 0.1) is 23.9 Å². The molecule has 164 valence electrons. The van der Waals surface area contributed by atoms with E-state index in [1.165, 1.54) is 16.7 Å². The van der Waals surface area contributed by atoms with Gasteiger partial charge in [-0.3, -0.25) is 9.36 Å². The second-order valence-electron chi connectivity index (χ2n) is 7.62. The van der Waals surface area contributed by atoms with Gasteiger partial charge in [0, 0.05) is 18.7 Å². The molecule has 0 radical (unpaired) electrons. The average molecular weight is 434 g/mol. The third-order valence-electron chi connectivity index (χ3n) is 5.57. The minimum atomic E-state index is -0.675. The van der Waals surface area contributed by atoms with Gasteiger partial charge in [-0.05, 0) is 49.2 Å². The molecule has 0 amide bonds. The van der Waals surface area contributed by atoms with Crippen molar-refractivity contribution in [1.82, 2.24) is 14.9 Å². The molecule has 0 aliphatic carbocycles. The van der Waals surface area contributed by atoms with E-state index in [1.807, 2.05) is 6.07 Å². The Morgan fingerprint density at radius 2 is 2.00 bits per heavy atom. The second kappa shape index (κ2) is 9.20. The number of nitrogens with one attached hydrogen (secondary N) is 1. The zero-order valence-electron chi connectivity index (χ0n) is 17.9. The fourth-order valence-electron chi connectivity index (χ4n) is 3.77. The minimum Gasteiger partial charge on any atom is -0.497 e. The van der Waals surface area contributed by atoms with Crippen molar-refractivity contribution in [1.29, 1.82) is 5.26 Å². The third kappa shape index (κ3) is 4.20. The average Bonchev–Trinajstić information content (AvgIpc) is 3.33. The lowest BCUT2D eigenvalue weighted by molar-refractivity contribution is 0.246. The molecular weight excluding hydrogens is 411 g/mol. The Labute approximate surface area is 185 Å². The number of nitrogens with zero attached hydrogens (tertiary/aromatic N) is 3. The Kier molecular flexibility index (Phi) is 6.19. The molecule has 1 saturated heterocycles. The molecule has 0 spiro atoms. The number of nitriles is 1. The lowest BCUT2D eigenvalue weighted by atomic mass is 9.99. The highest BCUT2D eigenvalue weighted by molar-refractivity contribution is 5.80. The molecule has 1 N–H and O–H groups in total. The first-order valence-corrected chi connectivity index (χ1v) is 10.3. The summed E-state index contributed by atoms with van der Waals surface area (Å²) in [7, 11) is 3.16. The molecule has 3 aromatic rings. The maximum atomic E-state index is 14.4. The Bertz CT molecular complexity index is 1230. The molecule has 4 rings (SSSR count). The fourth-order valence-corrected chi connectivity index (χ4v) is 3.77. The lowest BCUT2D eigenvalue weighted by Gasteiger charge is -2.17. The monoisotopic (exact) mass is 434 g/mol. The van der Waals surface area contributed by atoms with Crippen molar-refractivity contribution < 1.29 is 13.9 Å². The van der Waals surface area contributed by atoms with Crippen LogP contribution < -0.4 is 20.3 Å². The highest BCUT2D eigenvalue weighted by atomic mass is 19.1. The second-order valence-corrected chi connectivity index (χ2v) is 7.62. The van der Waals surface area contributed by atoms with Gasteiger partial charge in [0.2, 0.25) is 0 Å². The Balaban J connectivity index is 1.85. The fraction of sp³-hybridized carbons (Fsp3) is 0.292. The SMILES string of the molecule is COc1ccc(-c2c(-c3ccc(C#N)c(F)c3)nc(OCC3CCCN3)n(C)c2=O)cc1. The smallest absolute Gasteiger partial charge is 0.299 e. The van der Waals surface area contributed by atoms with Crippen molar-refractivity contribution >= 4 is 0 Å². The van der Waals surface area contributed by atoms with E-state index in [0.29, 0.717) is 29.0 Å². The predicted octanol–water partition coefficient (Wildman–Crippen LogP) is 3.26. The van der Waals surface area contributed by atoms with Gasteiger partial charge in [0.1, 0.15) is 24.2 Å². The van der Waals surface area contributed by atoms with Crippen LogP contribution in [0.25, 0.3) is 22.4 Å². The van der Waals surface area contributed by atoms with Crippen molar-refractivity contribution in [3.05, 3.63) is 64.2 Å². The maximum Gasteiger partial charge on any atom is 0.299 e. The summed E-state index contributed by atoms with van der Waals surface area (Å²) in [5.41, 5.74) is 1.20. The molecule has 1 aromatic heterocycles. The first-order chi connectivity index (χ1) is 15.5. The largest absolute Gasteiger partial charge is 0.497 e. The molecule has 1 aliphatic heterocycles. The van der Waals surface area contributed by atoms with Crippen LogP contribution in [-0.4, -0.2) is 35.9 Å². The number of rotatable bonds is 6. The number of halogens is 1. The summed E-state index contributed by atoms with van der Waals surface area (Å²) in [6, 6.07) is 13.3. The number of hydrogen-bond acceptors (Lipinski definition) is 6. The molecule has 2 aromatic carbocycles. The number of methoxy groups -OCH3 is 1. The van der Waals surface area contributed by atoms with Crippen LogP contribution in [0.5, 0.6) is 11.8 Å². The van der Waals surface area contributed by atoms with E-state index in [9.17, 15) is 9.18 Å². The van der Waals surface area contributed by atoms with Crippen LogP contribution in [0.1, 0.15) is 18.4 Å². The highest BCUT2D eigenvalue weighted by Crippen LogP contribution is 2.31. The van der Waals surface area contributed by atoms with E-state index in [2.05, 4.69) is 10.3 Å². The van der Waals surface area contributed by atoms with Crippen molar-refractivity contribution in [2.45, 2.75) is 18.9 Å². The van der Waals surface area contributed by atoms with Crippen LogP contribution in [0.15, 0.2) is 47.3 Å². The minimum absolute atomic E-state index is 0.0765. The van der Waals surface area contributed by atoms with Gasteiger partial charge < -0.3 is 14.8 Å². The van der Waals surface area contributed by atoms with Crippen molar-refractivity contribution in [3.8, 4) is 40.2 Å². The lowest BCUT2D eigenvalue weighted by Crippen LogP contribution is -2.30. The molecule has 7 nitrogen and oxygen atoms in total. The van der Waals surface area contributed by atoms with Gasteiger partial charge >= 0.3 is 0 Å². The molecular formula is C24H23FN4O3. The third-order valence-corrected chi connectivity index (χ3v) is 5.57. The summed E-state index contributed by atoms with van der Waals surface area (Å²) in [6.45, 7) is 1.32. The number of benzene rings is 2. The Morgan fingerprint density at radius 3 is 2.62 bits per heavy atom. The van der Waals surface area contributed by atoms with Crippen LogP contribution in [-0.2, 0) is 7.05 Å². The van der Waals surface area contributed by atoms with E-state index >= 15 is 0 Å². The number of ether oxygens (including phenoxy) is 2. The molecule has 1 fully saturated rings. The van der Waals surface area contributed by atoms with Gasteiger partial charge in [-0.1, -0.05) is 18.2 Å². The van der Waals surface area contributed by atoms with E-state index in [4.69, 9.17) is 14.7 Å². The molecule has 1 atom stereocenters. The molecule has 0 bridgehead atoms. The molecule has 2 heterocycles. The predicted molar refractivity (Wildman–Crippen MR) is 118 cm³/mol. The van der Waals surface area contributed by atoms with Crippen LogP contribution in [0.3, 0.4) is 0 Å². The highest BCUT2D eigenvalue weighted by Gasteiger charge is 2.21. The van der Waals surface area contributed by atoms with E-state index in [-0.39, 0.29) is 28.9 Å². The molecule has 8 heteroatoms. The van der Waals surface area contributed by atoms with E-state index in [1.54, 1.807) is 44.5 Å². The summed E-state index contributed by atoms with van der Waals surface area (Å²) in [5, 5.41) is 12.4. The molecule has 1 aliphatic rings. The summed E-state index contributed by atoms with van der Waals surface area (Å²) in [4.78, 5) is 18.0. The van der Waals surface area contributed by atoms with Crippen molar-refractivity contribution in [3.63, 3.8) is 0 Å². The molecule has 32 heavy (non-hydrogen) atoms. The first-order valence-electron chi connectivity index (χ1n) is 10.3. The van der Waals surface area contributed by atoms with Gasteiger partial charge in [0.15, 0.2) is 0 Å². The van der Waals surface area contributed by atoms with E-state index < -0.39 is 5.82 Å². The molecule has 0 saturated carbocycles. The zero-order valence-corrected chi connectivity index (χ0v) is 17.9. The zero-order chi connectivity index (χ0) is 22.7. The summed E-state index contributed by atoms with van der Waals surface area (Å²) >= 11 is 0. The van der Waals surface area contributed by atoms with Crippen molar-refractivity contribution in [2.75, 3.05) is 20.3 Å². The van der Waals surface area contributed by atoms with Crippen molar-refractivity contribution in [2.24, 2.45) is 7.05 Å². The van der Waals surface area contributed by atoms with E-state index in [0.717, 1.165) is 19.4 Å². The summed E-state index contributed by atoms with van der Waals surface area (Å²) in [6.07, 6.45) is 2.07.